The van der Waals surface area contributed by atoms with Crippen LogP contribution in [0.5, 0.6) is 0 Å². The maximum atomic E-state index is 8.55. The van der Waals surface area contributed by atoms with E-state index in [0.717, 1.165) is 0 Å². The molecule has 0 rings (SSSR count). The third-order valence-corrected chi connectivity index (χ3v) is 0. The molecule has 0 spiro atoms. The third-order valence-electron chi connectivity index (χ3n) is 0. The maximum absolute atomic E-state index is 8.55. The Labute approximate surface area is 92.5 Å². The Morgan fingerprint density at radius 2 is 1.12 bits per heavy atom. The first kappa shape index (κ1) is 22.4. The van der Waals surface area contributed by atoms with E-state index < -0.39 is 7.82 Å². The summed E-state index contributed by atoms with van der Waals surface area (Å²) in [7, 11) is -5.39. The molecule has 0 aromatic heterocycles. The molecule has 0 unspecified atom stereocenters. The molecule has 8 heteroatoms. The van der Waals surface area contributed by atoms with Gasteiger partial charge in [-0.25, -0.2) is 0 Å². The van der Waals surface area contributed by atoms with Gasteiger partial charge in [-0.15, -0.1) is 0 Å². The van der Waals surface area contributed by atoms with Gasteiger partial charge in [-0.1, -0.05) is 0 Å². The van der Waals surface area contributed by atoms with E-state index in [4.69, 9.17) is 19.2 Å². The first-order valence-corrected chi connectivity index (χ1v) is 2.19. The molecule has 0 aliphatic carbocycles. The van der Waals surface area contributed by atoms with Crippen molar-refractivity contribution in [2.75, 3.05) is 0 Å². The quantitative estimate of drug-likeness (QED) is 0.284. The van der Waals surface area contributed by atoms with Crippen LogP contribution in [-0.2, 0) is 52.1 Å². The molecule has 0 aliphatic rings. The Bertz CT molecular complexity index is 62.2. The SMILES string of the molecule is O=P([O-])([O-])[O-].[Li+].[Sc+3].[Ti+4]. The molecule has 0 aliphatic heterocycles. The van der Waals surface area contributed by atoms with Crippen LogP contribution in [0.25, 0.3) is 0 Å². The summed E-state index contributed by atoms with van der Waals surface area (Å²) in [5.41, 5.74) is 0. The fourth-order valence-electron chi connectivity index (χ4n) is 0. The number of rotatable bonds is 0. The number of phosphoric acid groups is 1. The number of hydrogen-bond acceptors (Lipinski definition) is 4. The molecule has 0 fully saturated rings. The van der Waals surface area contributed by atoms with E-state index in [1.54, 1.807) is 0 Å². The number of hydrogen-bond donors (Lipinski definition) is 0. The molecule has 0 aromatic carbocycles. The van der Waals surface area contributed by atoms with Gasteiger partial charge in [0.1, 0.15) is 0 Å². The molecule has 0 atom stereocenters. The Hall–Kier alpha value is 2.29. The summed E-state index contributed by atoms with van der Waals surface area (Å²) in [4.78, 5) is 25.6. The maximum Gasteiger partial charge on any atom is 4.00 e. The molecule has 0 heterocycles. The zero-order valence-electron chi connectivity index (χ0n) is 4.16. The predicted octanol–water partition coefficient (Wildman–Crippen LogP) is -5.83. The van der Waals surface area contributed by atoms with Crippen LogP contribution < -0.4 is 33.5 Å². The summed E-state index contributed by atoms with van der Waals surface area (Å²) in [6.45, 7) is 0. The second kappa shape index (κ2) is 9.29. The van der Waals surface area contributed by atoms with Gasteiger partial charge in [0, 0.05) is 0 Å². The van der Waals surface area contributed by atoms with Gasteiger partial charge < -0.3 is 19.2 Å². The zero-order valence-corrected chi connectivity index (χ0v) is 8.42. The molecule has 0 aromatic rings. The smallest absolute Gasteiger partial charge is 0.822 e. The van der Waals surface area contributed by atoms with Crippen molar-refractivity contribution in [2.45, 2.75) is 0 Å². The van der Waals surface area contributed by atoms with Gasteiger partial charge in [-0.05, 0) is 0 Å². The van der Waals surface area contributed by atoms with Crippen molar-refractivity contribution in [3.8, 4) is 0 Å². The van der Waals surface area contributed by atoms with Crippen LogP contribution in [0.4, 0.5) is 0 Å². The Balaban J connectivity index is -0.0000000267. The normalized spacial score (nSPS) is 7.38. The summed E-state index contributed by atoms with van der Waals surface area (Å²) in [6.07, 6.45) is 0. The van der Waals surface area contributed by atoms with E-state index in [-0.39, 0.29) is 66.4 Å². The fourth-order valence-corrected chi connectivity index (χ4v) is 0. The van der Waals surface area contributed by atoms with Gasteiger partial charge >= 0.3 is 66.4 Å². The minimum absolute atomic E-state index is 0. The van der Waals surface area contributed by atoms with Crippen LogP contribution >= 0.6 is 7.82 Å². The van der Waals surface area contributed by atoms with Gasteiger partial charge in [0.2, 0.25) is 0 Å². The van der Waals surface area contributed by atoms with E-state index in [1.165, 1.54) is 0 Å². The standard InChI is InChI=1S/Li.H3O4P.Sc.Ti/c;1-5(2,3)4;;/h;(H3,1,2,3,4);;/q+1;;+3;+4/p-3. The molecular formula is LiO4PScTi+5. The van der Waals surface area contributed by atoms with E-state index in [9.17, 15) is 0 Å². The summed E-state index contributed by atoms with van der Waals surface area (Å²) in [5.74, 6) is 0. The minimum Gasteiger partial charge on any atom is -0.822 e. The van der Waals surface area contributed by atoms with Crippen LogP contribution in [0.2, 0.25) is 0 Å². The molecule has 0 saturated heterocycles. The van der Waals surface area contributed by atoms with Gasteiger partial charge in [-0.2, -0.15) is 7.82 Å². The van der Waals surface area contributed by atoms with Crippen LogP contribution in [0.15, 0.2) is 0 Å². The van der Waals surface area contributed by atoms with Gasteiger partial charge in [0.15, 0.2) is 0 Å². The Kier molecular flexibility index (Phi) is 26.1. The summed E-state index contributed by atoms with van der Waals surface area (Å²) in [5, 5.41) is 0. The molecule has 8 heavy (non-hydrogen) atoms. The molecule has 0 saturated carbocycles. The molecule has 0 radical (unpaired) electrons. The Morgan fingerprint density at radius 3 is 1.12 bits per heavy atom. The van der Waals surface area contributed by atoms with Gasteiger partial charge in [0.25, 0.3) is 0 Å². The predicted molar refractivity (Wildman–Crippen MR) is 7.61 cm³/mol. The summed E-state index contributed by atoms with van der Waals surface area (Å²) >= 11 is 0. The molecular weight excluding hydrogens is 195 g/mol. The van der Waals surface area contributed by atoms with Crippen molar-refractivity contribution in [3.05, 3.63) is 0 Å². The monoisotopic (exact) mass is 195 g/mol. The second-order valence-corrected chi connectivity index (χ2v) is 1.34. The zero-order chi connectivity index (χ0) is 4.50. The van der Waals surface area contributed by atoms with E-state index in [2.05, 4.69) is 0 Å². The molecule has 32 valence electrons. The van der Waals surface area contributed by atoms with Crippen LogP contribution in [-0.4, -0.2) is 0 Å². The van der Waals surface area contributed by atoms with E-state index >= 15 is 0 Å². The average molecular weight is 195 g/mol. The van der Waals surface area contributed by atoms with Crippen LogP contribution in [0.1, 0.15) is 0 Å². The van der Waals surface area contributed by atoms with E-state index in [0.29, 0.717) is 0 Å². The molecule has 4 nitrogen and oxygen atoms in total. The van der Waals surface area contributed by atoms with Crippen molar-refractivity contribution in [2.24, 2.45) is 0 Å². The van der Waals surface area contributed by atoms with Crippen molar-refractivity contribution < 1.29 is 85.7 Å². The average Bonchev–Trinajstić information content (AvgIpc) is 0.722. The largest absolute Gasteiger partial charge is 4.00 e. The molecule has 0 amide bonds. The second-order valence-electron chi connectivity index (χ2n) is 0.447. The molecule has 0 N–H and O–H groups in total. The minimum atomic E-state index is -5.39. The van der Waals surface area contributed by atoms with Crippen molar-refractivity contribution >= 4 is 7.82 Å². The first-order valence-electron chi connectivity index (χ1n) is 0.730. The third kappa shape index (κ3) is 83.9. The molecule has 0 bridgehead atoms. The topological polar surface area (TPSA) is 86.2 Å². The van der Waals surface area contributed by atoms with Crippen molar-refractivity contribution in [1.82, 2.24) is 0 Å². The van der Waals surface area contributed by atoms with Crippen molar-refractivity contribution in [1.29, 1.82) is 0 Å². The van der Waals surface area contributed by atoms with Crippen molar-refractivity contribution in [3.63, 3.8) is 0 Å². The van der Waals surface area contributed by atoms with Crippen LogP contribution in [0.3, 0.4) is 0 Å². The summed E-state index contributed by atoms with van der Waals surface area (Å²) in [6, 6.07) is 0. The van der Waals surface area contributed by atoms with E-state index in [1.807, 2.05) is 0 Å². The van der Waals surface area contributed by atoms with Gasteiger partial charge in [0.05, 0.1) is 0 Å². The fraction of sp³-hybridized carbons (Fsp3) is 0. The Morgan fingerprint density at radius 1 is 1.12 bits per heavy atom. The summed E-state index contributed by atoms with van der Waals surface area (Å²) < 4.78 is 8.55. The van der Waals surface area contributed by atoms with Gasteiger partial charge in [-0.3, -0.25) is 0 Å². The first-order chi connectivity index (χ1) is 2.00. The van der Waals surface area contributed by atoms with Crippen LogP contribution in [0, 0.1) is 0 Å².